The Hall–Kier alpha value is -0.830. The van der Waals surface area contributed by atoms with Gasteiger partial charge in [0, 0.05) is 13.0 Å². The van der Waals surface area contributed by atoms with Gasteiger partial charge in [0.25, 0.3) is 0 Å². The summed E-state index contributed by atoms with van der Waals surface area (Å²) in [5, 5.41) is 4.90. The Balaban J connectivity index is 2.17. The summed E-state index contributed by atoms with van der Waals surface area (Å²) in [5.41, 5.74) is 1.78. The topological polar surface area (TPSA) is 34.9 Å². The second-order valence-electron chi connectivity index (χ2n) is 6.05. The summed E-state index contributed by atoms with van der Waals surface area (Å²) in [5.74, 6) is 0.478. The highest BCUT2D eigenvalue weighted by Gasteiger charge is 2.39. The van der Waals surface area contributed by atoms with Crippen molar-refractivity contribution in [3.8, 4) is 0 Å². The van der Waals surface area contributed by atoms with Crippen LogP contribution in [0.5, 0.6) is 0 Å². The number of rotatable bonds is 3. The van der Waals surface area contributed by atoms with Crippen LogP contribution in [0, 0.1) is 18.3 Å². The number of carbonyl (C=O) groups is 1. The first kappa shape index (κ1) is 13.6. The molecule has 1 fully saturated rings. The second kappa shape index (κ2) is 4.69. The lowest BCUT2D eigenvalue weighted by molar-refractivity contribution is -0.124. The average Bonchev–Trinajstić information content (AvgIpc) is 2.73. The summed E-state index contributed by atoms with van der Waals surface area (Å²) >= 11 is 6.20. The molecule has 100 valence electrons. The maximum absolute atomic E-state index is 12.4. The smallest absolute Gasteiger partial charge is 0.142 e. The molecule has 4 heteroatoms. The van der Waals surface area contributed by atoms with Gasteiger partial charge in [0.1, 0.15) is 5.78 Å². The van der Waals surface area contributed by atoms with Crippen LogP contribution in [0.1, 0.15) is 44.5 Å². The molecule has 0 spiro atoms. The fourth-order valence-corrected chi connectivity index (χ4v) is 3.31. The first-order valence-corrected chi connectivity index (χ1v) is 6.91. The lowest BCUT2D eigenvalue weighted by atomic mass is 9.78. The maximum atomic E-state index is 12.4. The molecule has 0 aliphatic heterocycles. The monoisotopic (exact) mass is 268 g/mol. The quantitative estimate of drug-likeness (QED) is 0.843. The SMILES string of the molecule is Cc1nn(C)c(CC(=O)C2CCCC2(C)C)c1Cl. The Morgan fingerprint density at radius 2 is 2.22 bits per heavy atom. The predicted octanol–water partition coefficient (Wildman–Crippen LogP) is 3.32. The van der Waals surface area contributed by atoms with Crippen LogP contribution in [0.3, 0.4) is 0 Å². The first-order chi connectivity index (χ1) is 8.33. The standard InChI is InChI=1S/C14H21ClN2O/c1-9-13(15)11(17(4)16-9)8-12(18)10-6-5-7-14(10,2)3/h10H,5-8H2,1-4H3. The highest BCUT2D eigenvalue weighted by atomic mass is 35.5. The fraction of sp³-hybridized carbons (Fsp3) is 0.714. The van der Waals surface area contributed by atoms with Crippen molar-refractivity contribution in [3.05, 3.63) is 16.4 Å². The molecule has 1 aromatic heterocycles. The summed E-state index contributed by atoms with van der Waals surface area (Å²) in [7, 11) is 1.85. The van der Waals surface area contributed by atoms with Gasteiger partial charge in [0.05, 0.1) is 22.8 Å². The van der Waals surface area contributed by atoms with E-state index in [0.717, 1.165) is 30.7 Å². The summed E-state index contributed by atoms with van der Waals surface area (Å²) in [6, 6.07) is 0. The van der Waals surface area contributed by atoms with Gasteiger partial charge < -0.3 is 0 Å². The normalized spacial score (nSPS) is 22.4. The number of carbonyl (C=O) groups excluding carboxylic acids is 1. The van der Waals surface area contributed by atoms with Crippen molar-refractivity contribution in [2.24, 2.45) is 18.4 Å². The zero-order valence-corrected chi connectivity index (χ0v) is 12.3. The molecule has 1 aromatic rings. The van der Waals surface area contributed by atoms with E-state index in [9.17, 15) is 4.79 Å². The Labute approximate surface area is 114 Å². The Kier molecular flexibility index (Phi) is 3.54. The summed E-state index contributed by atoms with van der Waals surface area (Å²) in [4.78, 5) is 12.4. The molecule has 0 N–H and O–H groups in total. The van der Waals surface area contributed by atoms with Crippen LogP contribution in [-0.4, -0.2) is 15.6 Å². The third-order valence-corrected chi connectivity index (χ3v) is 4.74. The van der Waals surface area contributed by atoms with Gasteiger partial charge in [-0.15, -0.1) is 0 Å². The van der Waals surface area contributed by atoms with Gasteiger partial charge >= 0.3 is 0 Å². The van der Waals surface area contributed by atoms with Crippen LogP contribution in [0.2, 0.25) is 5.02 Å². The Bertz CT molecular complexity index is 476. The largest absolute Gasteiger partial charge is 0.299 e. The van der Waals surface area contributed by atoms with E-state index in [0.29, 0.717) is 17.2 Å². The van der Waals surface area contributed by atoms with E-state index in [1.807, 2.05) is 14.0 Å². The molecule has 3 nitrogen and oxygen atoms in total. The number of Topliss-reactive ketones (excluding diaryl/α,β-unsaturated/α-hetero) is 1. The number of ketones is 1. The van der Waals surface area contributed by atoms with Crippen LogP contribution in [0.25, 0.3) is 0 Å². The number of hydrogen-bond acceptors (Lipinski definition) is 2. The van der Waals surface area contributed by atoms with Gasteiger partial charge in [-0.2, -0.15) is 5.10 Å². The van der Waals surface area contributed by atoms with E-state index in [-0.39, 0.29) is 11.3 Å². The molecular formula is C14H21ClN2O. The van der Waals surface area contributed by atoms with Crippen molar-refractivity contribution in [3.63, 3.8) is 0 Å². The molecule has 18 heavy (non-hydrogen) atoms. The molecule has 1 aliphatic rings. The fourth-order valence-electron chi connectivity index (χ4n) is 3.08. The number of nitrogens with zero attached hydrogens (tertiary/aromatic N) is 2. The third kappa shape index (κ3) is 2.33. The first-order valence-electron chi connectivity index (χ1n) is 6.53. The predicted molar refractivity (Wildman–Crippen MR) is 72.8 cm³/mol. The van der Waals surface area contributed by atoms with Crippen LogP contribution >= 0.6 is 11.6 Å². The molecule has 0 aromatic carbocycles. The number of halogens is 1. The molecule has 1 unspecified atom stereocenters. The van der Waals surface area contributed by atoms with E-state index in [2.05, 4.69) is 18.9 Å². The number of hydrogen-bond donors (Lipinski definition) is 0. The molecule has 0 bridgehead atoms. The molecule has 1 aliphatic carbocycles. The Morgan fingerprint density at radius 3 is 2.67 bits per heavy atom. The van der Waals surface area contributed by atoms with Crippen molar-refractivity contribution >= 4 is 17.4 Å². The van der Waals surface area contributed by atoms with Gasteiger partial charge in [-0.25, -0.2) is 0 Å². The van der Waals surface area contributed by atoms with Crippen LogP contribution in [0.15, 0.2) is 0 Å². The van der Waals surface area contributed by atoms with Gasteiger partial charge in [-0.1, -0.05) is 31.9 Å². The molecule has 0 radical (unpaired) electrons. The van der Waals surface area contributed by atoms with E-state index in [4.69, 9.17) is 11.6 Å². The minimum Gasteiger partial charge on any atom is -0.299 e. The Morgan fingerprint density at radius 1 is 1.56 bits per heavy atom. The van der Waals surface area contributed by atoms with E-state index in [1.54, 1.807) is 4.68 Å². The van der Waals surface area contributed by atoms with Crippen molar-refractivity contribution in [1.29, 1.82) is 0 Å². The van der Waals surface area contributed by atoms with Crippen LogP contribution in [0.4, 0.5) is 0 Å². The highest BCUT2D eigenvalue weighted by Crippen LogP contribution is 2.43. The molecule has 1 heterocycles. The van der Waals surface area contributed by atoms with E-state index >= 15 is 0 Å². The van der Waals surface area contributed by atoms with Crippen molar-refractivity contribution in [2.75, 3.05) is 0 Å². The van der Waals surface area contributed by atoms with Gasteiger partial charge in [0.2, 0.25) is 0 Å². The third-order valence-electron chi connectivity index (χ3n) is 4.25. The van der Waals surface area contributed by atoms with Gasteiger partial charge in [0.15, 0.2) is 0 Å². The molecular weight excluding hydrogens is 248 g/mol. The lowest BCUT2D eigenvalue weighted by Gasteiger charge is -2.25. The zero-order chi connectivity index (χ0) is 13.5. The minimum absolute atomic E-state index is 0.136. The van der Waals surface area contributed by atoms with Crippen LogP contribution < -0.4 is 0 Å². The van der Waals surface area contributed by atoms with E-state index in [1.165, 1.54) is 0 Å². The van der Waals surface area contributed by atoms with Crippen molar-refractivity contribution < 1.29 is 4.79 Å². The summed E-state index contributed by atoms with van der Waals surface area (Å²) in [6.45, 7) is 6.26. The molecule has 0 saturated heterocycles. The number of aromatic nitrogens is 2. The van der Waals surface area contributed by atoms with Crippen LogP contribution in [-0.2, 0) is 18.3 Å². The molecule has 1 atom stereocenters. The average molecular weight is 269 g/mol. The van der Waals surface area contributed by atoms with Crippen molar-refractivity contribution in [1.82, 2.24) is 9.78 Å². The highest BCUT2D eigenvalue weighted by molar-refractivity contribution is 6.32. The number of aryl methyl sites for hydroxylation is 2. The van der Waals surface area contributed by atoms with Gasteiger partial charge in [-0.05, 0) is 25.2 Å². The summed E-state index contributed by atoms with van der Waals surface area (Å²) < 4.78 is 1.73. The zero-order valence-electron chi connectivity index (χ0n) is 11.6. The van der Waals surface area contributed by atoms with Crippen molar-refractivity contribution in [2.45, 2.75) is 46.5 Å². The van der Waals surface area contributed by atoms with E-state index < -0.39 is 0 Å². The molecule has 2 rings (SSSR count). The second-order valence-corrected chi connectivity index (χ2v) is 6.42. The minimum atomic E-state index is 0.136. The molecule has 1 saturated carbocycles. The molecule has 0 amide bonds. The van der Waals surface area contributed by atoms with Gasteiger partial charge in [-0.3, -0.25) is 9.48 Å². The maximum Gasteiger partial charge on any atom is 0.142 e. The summed E-state index contributed by atoms with van der Waals surface area (Å²) in [6.07, 6.45) is 3.72. The lowest BCUT2D eigenvalue weighted by Crippen LogP contribution is -2.27.